The van der Waals surface area contributed by atoms with Crippen molar-refractivity contribution in [3.8, 4) is 17.2 Å². The Kier molecular flexibility index (Phi) is 7.04. The van der Waals surface area contributed by atoms with Gasteiger partial charge in [0.05, 0.1) is 21.6 Å². The van der Waals surface area contributed by atoms with Crippen molar-refractivity contribution in [3.05, 3.63) is 110 Å². The van der Waals surface area contributed by atoms with E-state index < -0.39 is 27.3 Å². The Balaban J connectivity index is 1.48. The molecule has 1 amide bonds. The summed E-state index contributed by atoms with van der Waals surface area (Å²) in [7, 11) is 0. The van der Waals surface area contributed by atoms with E-state index in [4.69, 9.17) is 9.47 Å². The molecular formula is C24H18FN5O7. The number of nitrogens with one attached hydrogen (secondary N) is 1. The molecule has 0 radical (unpaired) electrons. The highest BCUT2D eigenvalue weighted by Crippen LogP contribution is 2.30. The minimum Gasteiger partial charge on any atom is -0.464 e. The Morgan fingerprint density at radius 2 is 1.84 bits per heavy atom. The van der Waals surface area contributed by atoms with Gasteiger partial charge in [0, 0.05) is 30.5 Å². The van der Waals surface area contributed by atoms with Gasteiger partial charge < -0.3 is 14.8 Å². The average molecular weight is 507 g/mol. The van der Waals surface area contributed by atoms with Gasteiger partial charge in [0.1, 0.15) is 17.3 Å². The van der Waals surface area contributed by atoms with E-state index in [-0.39, 0.29) is 35.3 Å². The monoisotopic (exact) mass is 507 g/mol. The number of hydrogen-bond acceptors (Lipinski definition) is 8. The summed E-state index contributed by atoms with van der Waals surface area (Å²) in [5, 5.41) is 29.0. The van der Waals surface area contributed by atoms with Gasteiger partial charge in [0.2, 0.25) is 5.75 Å². The molecule has 13 heteroatoms. The van der Waals surface area contributed by atoms with E-state index in [1.165, 1.54) is 35.1 Å². The first-order chi connectivity index (χ1) is 17.7. The quantitative estimate of drug-likeness (QED) is 0.239. The third-order valence-electron chi connectivity index (χ3n) is 4.93. The van der Waals surface area contributed by atoms with Crippen LogP contribution in [0.1, 0.15) is 16.1 Å². The maximum absolute atomic E-state index is 13.5. The molecule has 3 aromatic carbocycles. The fraction of sp³-hybridized carbons (Fsp3) is 0.0833. The number of nitro benzene ring substituents is 2. The third kappa shape index (κ3) is 6.22. The Hall–Kier alpha value is -5.33. The molecule has 1 heterocycles. The zero-order valence-corrected chi connectivity index (χ0v) is 19.2. The normalized spacial score (nSPS) is 10.5. The SMILES string of the molecule is Cc1cccc(Oc2cc(NC(=O)c3ccn(COc4cc(F)ccc4[N+](=O)[O-])n3)cc([N+](=O)[O-])c2)c1. The van der Waals surface area contributed by atoms with Gasteiger partial charge in [0.25, 0.3) is 11.6 Å². The topological polar surface area (TPSA) is 152 Å². The number of rotatable bonds is 9. The van der Waals surface area contributed by atoms with E-state index in [2.05, 4.69) is 10.4 Å². The number of carbonyl (C=O) groups is 1. The number of ether oxygens (including phenoxy) is 2. The first kappa shape index (κ1) is 24.8. The maximum Gasteiger partial charge on any atom is 0.311 e. The fourth-order valence-corrected chi connectivity index (χ4v) is 3.27. The molecular weight excluding hydrogens is 489 g/mol. The van der Waals surface area contributed by atoms with Crippen molar-refractivity contribution in [3.63, 3.8) is 0 Å². The van der Waals surface area contributed by atoms with Crippen molar-refractivity contribution < 1.29 is 28.5 Å². The van der Waals surface area contributed by atoms with Crippen LogP contribution in [-0.2, 0) is 6.73 Å². The second-order valence-corrected chi connectivity index (χ2v) is 7.73. The summed E-state index contributed by atoms with van der Waals surface area (Å²) in [5.41, 5.74) is 0.244. The molecule has 1 aromatic heterocycles. The van der Waals surface area contributed by atoms with Crippen molar-refractivity contribution in [2.75, 3.05) is 5.32 Å². The highest BCUT2D eigenvalue weighted by atomic mass is 19.1. The fourth-order valence-electron chi connectivity index (χ4n) is 3.27. The maximum atomic E-state index is 13.5. The van der Waals surface area contributed by atoms with Crippen LogP contribution in [0, 0.1) is 33.0 Å². The highest BCUT2D eigenvalue weighted by Gasteiger charge is 2.18. The van der Waals surface area contributed by atoms with Crippen molar-refractivity contribution >= 4 is 23.0 Å². The summed E-state index contributed by atoms with van der Waals surface area (Å²) >= 11 is 0. The smallest absolute Gasteiger partial charge is 0.311 e. The van der Waals surface area contributed by atoms with Crippen LogP contribution >= 0.6 is 0 Å². The van der Waals surface area contributed by atoms with Crippen LogP contribution < -0.4 is 14.8 Å². The summed E-state index contributed by atoms with van der Waals surface area (Å²) in [5.74, 6) is -1.09. The zero-order chi connectivity index (χ0) is 26.5. The molecule has 188 valence electrons. The summed E-state index contributed by atoms with van der Waals surface area (Å²) in [6.07, 6.45) is 1.37. The Labute approximate surface area is 208 Å². The molecule has 0 aliphatic carbocycles. The van der Waals surface area contributed by atoms with E-state index in [9.17, 15) is 29.4 Å². The Bertz CT molecular complexity index is 1500. The zero-order valence-electron chi connectivity index (χ0n) is 19.2. The number of non-ortho nitro benzene ring substituents is 1. The van der Waals surface area contributed by atoms with E-state index >= 15 is 0 Å². The first-order valence-electron chi connectivity index (χ1n) is 10.6. The summed E-state index contributed by atoms with van der Waals surface area (Å²) in [6, 6.07) is 15.0. The van der Waals surface area contributed by atoms with Crippen molar-refractivity contribution in [2.24, 2.45) is 0 Å². The molecule has 1 N–H and O–H groups in total. The second-order valence-electron chi connectivity index (χ2n) is 7.73. The standard InChI is InChI=1S/C24H18FN5O7/c1-15-3-2-4-19(9-15)37-20-12-17(11-18(13-20)29(32)33)26-24(31)21-7-8-28(27-21)14-36-23-10-16(25)5-6-22(23)30(34)35/h2-13H,14H2,1H3,(H,26,31). The molecule has 37 heavy (non-hydrogen) atoms. The molecule has 0 atom stereocenters. The minimum atomic E-state index is -0.719. The molecule has 0 fully saturated rings. The molecule has 0 saturated heterocycles. The number of nitro groups is 2. The number of aromatic nitrogens is 2. The number of amides is 1. The van der Waals surface area contributed by atoms with Crippen LogP contribution in [0.5, 0.6) is 17.2 Å². The Morgan fingerprint density at radius 1 is 1.03 bits per heavy atom. The molecule has 0 spiro atoms. The van der Waals surface area contributed by atoms with E-state index in [1.54, 1.807) is 18.2 Å². The molecule has 0 aliphatic heterocycles. The van der Waals surface area contributed by atoms with Crippen LogP contribution in [0.3, 0.4) is 0 Å². The van der Waals surface area contributed by atoms with Crippen molar-refractivity contribution in [1.29, 1.82) is 0 Å². The van der Waals surface area contributed by atoms with Gasteiger partial charge in [-0.25, -0.2) is 9.07 Å². The number of halogens is 1. The van der Waals surface area contributed by atoms with Gasteiger partial charge in [-0.05, 0) is 36.8 Å². The number of anilines is 1. The van der Waals surface area contributed by atoms with Crippen molar-refractivity contribution in [2.45, 2.75) is 13.7 Å². The van der Waals surface area contributed by atoms with Gasteiger partial charge in [-0.3, -0.25) is 25.0 Å². The number of hydrogen-bond donors (Lipinski definition) is 1. The van der Waals surface area contributed by atoms with Crippen LogP contribution in [0.2, 0.25) is 0 Å². The van der Waals surface area contributed by atoms with E-state index in [0.29, 0.717) is 5.75 Å². The molecule has 0 saturated carbocycles. The second kappa shape index (κ2) is 10.5. The molecule has 4 aromatic rings. The number of aryl methyl sites for hydroxylation is 1. The van der Waals surface area contributed by atoms with Crippen molar-refractivity contribution in [1.82, 2.24) is 9.78 Å². The molecule has 12 nitrogen and oxygen atoms in total. The van der Waals surface area contributed by atoms with Gasteiger partial charge in [-0.1, -0.05) is 12.1 Å². The summed E-state index contributed by atoms with van der Waals surface area (Å²) in [4.78, 5) is 33.9. The van der Waals surface area contributed by atoms with E-state index in [0.717, 1.165) is 23.8 Å². The lowest BCUT2D eigenvalue weighted by molar-refractivity contribution is -0.386. The van der Waals surface area contributed by atoms with Gasteiger partial charge in [-0.2, -0.15) is 5.10 Å². The molecule has 4 rings (SSSR count). The lowest BCUT2D eigenvalue weighted by Crippen LogP contribution is -2.14. The largest absolute Gasteiger partial charge is 0.464 e. The molecule has 0 bridgehead atoms. The average Bonchev–Trinajstić information content (AvgIpc) is 3.32. The van der Waals surface area contributed by atoms with Gasteiger partial charge in [0.15, 0.2) is 12.4 Å². The lowest BCUT2D eigenvalue weighted by atomic mass is 10.2. The summed E-state index contributed by atoms with van der Waals surface area (Å²) < 4.78 is 25.7. The predicted molar refractivity (Wildman–Crippen MR) is 128 cm³/mol. The molecule has 0 aliphatic rings. The van der Waals surface area contributed by atoms with Gasteiger partial charge in [-0.15, -0.1) is 0 Å². The Morgan fingerprint density at radius 3 is 2.57 bits per heavy atom. The number of benzene rings is 3. The number of nitrogens with zero attached hydrogens (tertiary/aromatic N) is 4. The summed E-state index contributed by atoms with van der Waals surface area (Å²) in [6.45, 7) is 1.53. The van der Waals surface area contributed by atoms with E-state index in [1.807, 2.05) is 13.0 Å². The van der Waals surface area contributed by atoms with Gasteiger partial charge >= 0.3 is 5.69 Å². The van der Waals surface area contributed by atoms with Crippen LogP contribution in [0.15, 0.2) is 72.9 Å². The van der Waals surface area contributed by atoms with Crippen LogP contribution in [0.25, 0.3) is 0 Å². The van der Waals surface area contributed by atoms with Crippen LogP contribution in [0.4, 0.5) is 21.5 Å². The predicted octanol–water partition coefficient (Wildman–Crippen LogP) is 5.23. The first-order valence-corrected chi connectivity index (χ1v) is 10.6. The third-order valence-corrected chi connectivity index (χ3v) is 4.93. The van der Waals surface area contributed by atoms with Crippen LogP contribution in [-0.4, -0.2) is 25.5 Å². The number of carbonyl (C=O) groups excluding carboxylic acids is 1. The molecule has 0 unspecified atom stereocenters. The minimum absolute atomic E-state index is 0.0648. The highest BCUT2D eigenvalue weighted by molar-refractivity contribution is 6.03. The lowest BCUT2D eigenvalue weighted by Gasteiger charge is -2.09.